The molecule has 114 valence electrons. The molecular weight excluding hydrogens is 278 g/mol. The zero-order valence-electron chi connectivity index (χ0n) is 13.4. The average Bonchev–Trinajstić information content (AvgIpc) is 2.95. The van der Waals surface area contributed by atoms with Crippen molar-refractivity contribution in [2.45, 2.75) is 40.2 Å². The van der Waals surface area contributed by atoms with Crippen LogP contribution in [0.4, 0.5) is 10.8 Å². The second-order valence-electron chi connectivity index (χ2n) is 5.08. The molecule has 1 aromatic carbocycles. The minimum absolute atomic E-state index is 0.917. The van der Waals surface area contributed by atoms with Gasteiger partial charge in [0, 0.05) is 24.2 Å². The Hall–Kier alpha value is -1.39. The van der Waals surface area contributed by atoms with Crippen molar-refractivity contribution >= 4 is 22.2 Å². The smallest absolute Gasteiger partial charge is 0.190 e. The number of nitrogens with zero attached hydrogens (tertiary/aromatic N) is 2. The van der Waals surface area contributed by atoms with Crippen molar-refractivity contribution in [3.63, 3.8) is 0 Å². The molecule has 0 bridgehead atoms. The Balaban J connectivity index is 2.21. The number of anilines is 2. The summed E-state index contributed by atoms with van der Waals surface area (Å²) in [6, 6.07) is 8.74. The summed E-state index contributed by atoms with van der Waals surface area (Å²) >= 11 is 1.79. The highest BCUT2D eigenvalue weighted by Gasteiger charge is 2.13. The third-order valence-corrected chi connectivity index (χ3v) is 4.83. The molecule has 3 nitrogen and oxygen atoms in total. The first-order valence-electron chi connectivity index (χ1n) is 7.71. The van der Waals surface area contributed by atoms with Crippen molar-refractivity contribution < 1.29 is 0 Å². The van der Waals surface area contributed by atoms with E-state index in [4.69, 9.17) is 4.98 Å². The minimum atomic E-state index is 0.917. The van der Waals surface area contributed by atoms with Gasteiger partial charge in [-0.2, -0.15) is 0 Å². The third-order valence-electron chi connectivity index (χ3n) is 3.66. The summed E-state index contributed by atoms with van der Waals surface area (Å²) in [5.74, 6) is 0. The summed E-state index contributed by atoms with van der Waals surface area (Å²) < 4.78 is 0. The van der Waals surface area contributed by atoms with Crippen LogP contribution in [0.3, 0.4) is 0 Å². The summed E-state index contributed by atoms with van der Waals surface area (Å²) in [4.78, 5) is 8.34. The standard InChI is InChI=1S/C17H25N3S/c1-5-13-8-10-14(11-9-13)20(4)17-19-15(6-2)16(21-17)12-18-7-3/h8-11,18H,5-7,12H2,1-4H3. The summed E-state index contributed by atoms with van der Waals surface area (Å²) in [5, 5.41) is 4.47. The van der Waals surface area contributed by atoms with Crippen LogP contribution in [0, 0.1) is 0 Å². The summed E-state index contributed by atoms with van der Waals surface area (Å²) in [7, 11) is 2.09. The van der Waals surface area contributed by atoms with Crippen LogP contribution in [0.1, 0.15) is 36.9 Å². The fourth-order valence-corrected chi connectivity index (χ4v) is 3.33. The maximum atomic E-state index is 4.80. The SMILES string of the molecule is CCNCc1sc(N(C)c2ccc(CC)cc2)nc1CC. The van der Waals surface area contributed by atoms with Crippen molar-refractivity contribution in [2.75, 3.05) is 18.5 Å². The Morgan fingerprint density at radius 1 is 1.10 bits per heavy atom. The first-order chi connectivity index (χ1) is 10.2. The number of aryl methyl sites for hydroxylation is 2. The molecule has 0 saturated carbocycles. The van der Waals surface area contributed by atoms with E-state index in [1.807, 2.05) is 0 Å². The molecule has 1 N–H and O–H groups in total. The van der Waals surface area contributed by atoms with Gasteiger partial charge in [0.2, 0.25) is 0 Å². The first-order valence-corrected chi connectivity index (χ1v) is 8.53. The Bertz CT molecular complexity index is 560. The van der Waals surface area contributed by atoms with Crippen molar-refractivity contribution in [1.82, 2.24) is 10.3 Å². The van der Waals surface area contributed by atoms with Gasteiger partial charge in [-0.1, -0.05) is 44.2 Å². The molecule has 0 aliphatic carbocycles. The van der Waals surface area contributed by atoms with E-state index < -0.39 is 0 Å². The quantitative estimate of drug-likeness (QED) is 0.833. The van der Waals surface area contributed by atoms with E-state index in [1.54, 1.807) is 11.3 Å². The predicted octanol–water partition coefficient (Wildman–Crippen LogP) is 4.15. The van der Waals surface area contributed by atoms with Gasteiger partial charge < -0.3 is 10.2 Å². The molecule has 0 unspecified atom stereocenters. The monoisotopic (exact) mass is 303 g/mol. The number of hydrogen-bond acceptors (Lipinski definition) is 4. The summed E-state index contributed by atoms with van der Waals surface area (Å²) in [6.07, 6.45) is 2.06. The number of nitrogens with one attached hydrogen (secondary N) is 1. The molecule has 21 heavy (non-hydrogen) atoms. The fraction of sp³-hybridized carbons (Fsp3) is 0.471. The molecule has 1 heterocycles. The van der Waals surface area contributed by atoms with E-state index >= 15 is 0 Å². The molecule has 0 fully saturated rings. The lowest BCUT2D eigenvalue weighted by atomic mass is 10.1. The lowest BCUT2D eigenvalue weighted by Crippen LogP contribution is -2.11. The number of rotatable bonds is 7. The molecule has 0 aliphatic rings. The number of thiazole rings is 1. The number of hydrogen-bond donors (Lipinski definition) is 1. The maximum absolute atomic E-state index is 4.80. The van der Waals surface area contributed by atoms with Crippen LogP contribution in [0.2, 0.25) is 0 Å². The molecule has 4 heteroatoms. The van der Waals surface area contributed by atoms with Crippen LogP contribution in [-0.4, -0.2) is 18.6 Å². The van der Waals surface area contributed by atoms with E-state index in [0.29, 0.717) is 0 Å². The van der Waals surface area contributed by atoms with Gasteiger partial charge in [-0.15, -0.1) is 0 Å². The normalized spacial score (nSPS) is 10.9. The highest BCUT2D eigenvalue weighted by Crippen LogP contribution is 2.31. The van der Waals surface area contributed by atoms with Gasteiger partial charge in [-0.25, -0.2) is 4.98 Å². The molecule has 0 saturated heterocycles. The van der Waals surface area contributed by atoms with Crippen molar-refractivity contribution in [2.24, 2.45) is 0 Å². The van der Waals surface area contributed by atoms with Gasteiger partial charge >= 0.3 is 0 Å². The van der Waals surface area contributed by atoms with Gasteiger partial charge in [0.1, 0.15) is 0 Å². The average molecular weight is 303 g/mol. The first kappa shape index (κ1) is 16.0. The fourth-order valence-electron chi connectivity index (χ4n) is 2.23. The van der Waals surface area contributed by atoms with Crippen LogP contribution in [0.15, 0.2) is 24.3 Å². The largest absolute Gasteiger partial charge is 0.321 e. The number of aromatic nitrogens is 1. The summed E-state index contributed by atoms with van der Waals surface area (Å²) in [5.41, 5.74) is 3.78. The Labute approximate surface area is 132 Å². The lowest BCUT2D eigenvalue weighted by molar-refractivity contribution is 0.727. The molecule has 0 radical (unpaired) electrons. The number of benzene rings is 1. The van der Waals surface area contributed by atoms with E-state index in [-0.39, 0.29) is 0 Å². The molecule has 0 aliphatic heterocycles. The van der Waals surface area contributed by atoms with Gasteiger partial charge in [0.05, 0.1) is 5.69 Å². The van der Waals surface area contributed by atoms with Gasteiger partial charge in [-0.3, -0.25) is 0 Å². The van der Waals surface area contributed by atoms with Crippen LogP contribution < -0.4 is 10.2 Å². The van der Waals surface area contributed by atoms with Crippen LogP contribution in [-0.2, 0) is 19.4 Å². The highest BCUT2D eigenvalue weighted by molar-refractivity contribution is 7.15. The molecule has 2 rings (SSSR count). The van der Waals surface area contributed by atoms with E-state index in [2.05, 4.69) is 62.3 Å². The lowest BCUT2D eigenvalue weighted by Gasteiger charge is -2.16. The van der Waals surface area contributed by atoms with Crippen LogP contribution in [0.25, 0.3) is 0 Å². The second kappa shape index (κ2) is 7.57. The molecule has 0 spiro atoms. The van der Waals surface area contributed by atoms with Crippen LogP contribution in [0.5, 0.6) is 0 Å². The summed E-state index contributed by atoms with van der Waals surface area (Å²) in [6.45, 7) is 8.39. The van der Waals surface area contributed by atoms with Crippen LogP contribution >= 0.6 is 11.3 Å². The van der Waals surface area contributed by atoms with Gasteiger partial charge in [0.25, 0.3) is 0 Å². The topological polar surface area (TPSA) is 28.2 Å². The molecular formula is C17H25N3S. The van der Waals surface area contributed by atoms with E-state index in [9.17, 15) is 0 Å². The van der Waals surface area contributed by atoms with Crippen molar-refractivity contribution in [3.05, 3.63) is 40.4 Å². The molecule has 0 atom stereocenters. The highest BCUT2D eigenvalue weighted by atomic mass is 32.1. The Morgan fingerprint density at radius 3 is 2.38 bits per heavy atom. The van der Waals surface area contributed by atoms with Crippen molar-refractivity contribution in [1.29, 1.82) is 0 Å². The predicted molar refractivity (Wildman–Crippen MR) is 92.8 cm³/mol. The van der Waals surface area contributed by atoms with E-state index in [1.165, 1.54) is 21.8 Å². The maximum Gasteiger partial charge on any atom is 0.190 e. The molecule has 1 aromatic heterocycles. The Morgan fingerprint density at radius 2 is 1.81 bits per heavy atom. The third kappa shape index (κ3) is 3.83. The van der Waals surface area contributed by atoms with E-state index in [0.717, 1.165) is 31.1 Å². The van der Waals surface area contributed by atoms with Crippen molar-refractivity contribution in [3.8, 4) is 0 Å². The Kier molecular flexibility index (Phi) is 5.76. The second-order valence-corrected chi connectivity index (χ2v) is 6.14. The zero-order chi connectivity index (χ0) is 15.2. The van der Waals surface area contributed by atoms with Gasteiger partial charge in [-0.05, 0) is 37.1 Å². The zero-order valence-corrected chi connectivity index (χ0v) is 14.3. The molecule has 2 aromatic rings. The minimum Gasteiger partial charge on any atom is -0.321 e. The molecule has 0 amide bonds. The van der Waals surface area contributed by atoms with Gasteiger partial charge in [0.15, 0.2) is 5.13 Å².